The number of amides is 1. The highest BCUT2D eigenvalue weighted by Crippen LogP contribution is 2.33. The van der Waals surface area contributed by atoms with Gasteiger partial charge in [-0.1, -0.05) is 0 Å². The van der Waals surface area contributed by atoms with Crippen LogP contribution in [0.5, 0.6) is 5.75 Å². The third-order valence-electron chi connectivity index (χ3n) is 4.65. The largest absolute Gasteiger partial charge is 0.497 e. The van der Waals surface area contributed by atoms with Crippen LogP contribution >= 0.6 is 0 Å². The summed E-state index contributed by atoms with van der Waals surface area (Å²) in [6, 6.07) is 11.4. The Morgan fingerprint density at radius 1 is 1.23 bits per heavy atom. The standard InChI is InChI=1S/C21H18F3N3O3/c1-20(29,12-27-8-7-13-9-16(30-2)5-6-18(13)27)19(28)26-15-4-3-14(11-25)17(10-15)21(22,23)24/h3-10,29H,12H2,1-2H3,(H,26,28)/t20-/m0/s1. The van der Waals surface area contributed by atoms with Gasteiger partial charge in [0.2, 0.25) is 0 Å². The lowest BCUT2D eigenvalue weighted by atomic mass is 10.0. The fraction of sp³-hybridized carbons (Fsp3) is 0.238. The molecule has 0 spiro atoms. The number of methoxy groups -OCH3 is 1. The number of carbonyl (C=O) groups is 1. The van der Waals surface area contributed by atoms with Gasteiger partial charge in [-0.05, 0) is 49.4 Å². The second kappa shape index (κ2) is 7.72. The number of hydrogen-bond acceptors (Lipinski definition) is 4. The zero-order valence-corrected chi connectivity index (χ0v) is 16.1. The topological polar surface area (TPSA) is 87.3 Å². The smallest absolute Gasteiger partial charge is 0.417 e. The summed E-state index contributed by atoms with van der Waals surface area (Å²) in [4.78, 5) is 12.6. The minimum absolute atomic E-state index is 0.128. The van der Waals surface area contributed by atoms with E-state index in [2.05, 4.69) is 5.32 Å². The van der Waals surface area contributed by atoms with Gasteiger partial charge in [0.15, 0.2) is 5.60 Å². The van der Waals surface area contributed by atoms with Gasteiger partial charge in [0, 0.05) is 22.8 Å². The van der Waals surface area contributed by atoms with Crippen molar-refractivity contribution in [3.8, 4) is 11.8 Å². The maximum absolute atomic E-state index is 13.1. The number of ether oxygens (including phenoxy) is 1. The first kappa shape index (κ1) is 21.2. The molecule has 0 radical (unpaired) electrons. The quantitative estimate of drug-likeness (QED) is 0.659. The molecule has 9 heteroatoms. The average Bonchev–Trinajstić information content (AvgIpc) is 3.08. The van der Waals surface area contributed by atoms with Crippen LogP contribution in [0, 0.1) is 11.3 Å². The van der Waals surface area contributed by atoms with Crippen LogP contribution in [0.15, 0.2) is 48.7 Å². The van der Waals surface area contributed by atoms with Gasteiger partial charge >= 0.3 is 6.18 Å². The van der Waals surface area contributed by atoms with Crippen LogP contribution in [0.4, 0.5) is 18.9 Å². The monoisotopic (exact) mass is 417 g/mol. The van der Waals surface area contributed by atoms with Crippen molar-refractivity contribution in [3.63, 3.8) is 0 Å². The van der Waals surface area contributed by atoms with E-state index >= 15 is 0 Å². The molecular weight excluding hydrogens is 399 g/mol. The van der Waals surface area contributed by atoms with Gasteiger partial charge in [-0.25, -0.2) is 0 Å². The fourth-order valence-corrected chi connectivity index (χ4v) is 3.07. The predicted molar refractivity (Wildman–Crippen MR) is 104 cm³/mol. The molecule has 1 atom stereocenters. The molecule has 0 aliphatic rings. The summed E-state index contributed by atoms with van der Waals surface area (Å²) in [5, 5.41) is 22.7. The fourth-order valence-electron chi connectivity index (χ4n) is 3.07. The lowest BCUT2D eigenvalue weighted by Crippen LogP contribution is -2.43. The van der Waals surface area contributed by atoms with Gasteiger partial charge in [-0.3, -0.25) is 4.79 Å². The number of anilines is 1. The molecule has 30 heavy (non-hydrogen) atoms. The molecule has 6 nitrogen and oxygen atoms in total. The Balaban J connectivity index is 1.82. The summed E-state index contributed by atoms with van der Waals surface area (Å²) in [7, 11) is 1.54. The molecule has 0 aliphatic carbocycles. The van der Waals surface area contributed by atoms with E-state index in [1.807, 2.05) is 0 Å². The maximum Gasteiger partial charge on any atom is 0.417 e. The van der Waals surface area contributed by atoms with Crippen LogP contribution in [0.2, 0.25) is 0 Å². The first-order chi connectivity index (χ1) is 14.0. The van der Waals surface area contributed by atoms with Gasteiger partial charge in [0.05, 0.1) is 30.9 Å². The number of nitrogens with one attached hydrogen (secondary N) is 1. The van der Waals surface area contributed by atoms with Crippen molar-refractivity contribution in [1.29, 1.82) is 5.26 Å². The Bertz CT molecular complexity index is 1140. The third kappa shape index (κ3) is 4.23. The number of carbonyl (C=O) groups excluding carboxylic acids is 1. The summed E-state index contributed by atoms with van der Waals surface area (Å²) in [6.07, 6.45) is -3.06. The first-order valence-electron chi connectivity index (χ1n) is 8.83. The molecule has 0 unspecified atom stereocenters. The number of benzene rings is 2. The molecule has 1 aromatic heterocycles. The SMILES string of the molecule is COc1ccc2c(ccn2C[C@](C)(O)C(=O)Nc2ccc(C#N)c(C(F)(F)F)c2)c1. The highest BCUT2D eigenvalue weighted by atomic mass is 19.4. The highest BCUT2D eigenvalue weighted by Gasteiger charge is 2.35. The lowest BCUT2D eigenvalue weighted by molar-refractivity contribution is -0.138. The normalized spacial score (nSPS) is 13.5. The van der Waals surface area contributed by atoms with E-state index < -0.39 is 28.8 Å². The summed E-state index contributed by atoms with van der Waals surface area (Å²) in [6.45, 7) is 1.14. The second-order valence-corrected chi connectivity index (χ2v) is 6.97. The van der Waals surface area contributed by atoms with Gasteiger partial charge < -0.3 is 19.7 Å². The van der Waals surface area contributed by atoms with Crippen LogP contribution in [-0.4, -0.2) is 28.3 Å². The second-order valence-electron chi connectivity index (χ2n) is 6.97. The summed E-state index contributed by atoms with van der Waals surface area (Å²) >= 11 is 0. The number of hydrogen-bond donors (Lipinski definition) is 2. The van der Waals surface area contributed by atoms with Crippen molar-refractivity contribution >= 4 is 22.5 Å². The molecular formula is C21H18F3N3O3. The molecule has 156 valence electrons. The van der Waals surface area contributed by atoms with Crippen LogP contribution in [0.1, 0.15) is 18.1 Å². The Morgan fingerprint density at radius 2 is 1.97 bits per heavy atom. The molecule has 2 N–H and O–H groups in total. The minimum atomic E-state index is -4.75. The van der Waals surface area contributed by atoms with Crippen LogP contribution in [0.3, 0.4) is 0 Å². The van der Waals surface area contributed by atoms with E-state index in [1.165, 1.54) is 19.1 Å². The number of halogens is 3. The number of alkyl halides is 3. The van der Waals surface area contributed by atoms with E-state index in [4.69, 9.17) is 10.00 Å². The van der Waals surface area contributed by atoms with Crippen LogP contribution in [0.25, 0.3) is 10.9 Å². The minimum Gasteiger partial charge on any atom is -0.497 e. The van der Waals surface area contributed by atoms with Crippen molar-refractivity contribution in [3.05, 3.63) is 59.8 Å². The number of aliphatic hydroxyl groups is 1. The van der Waals surface area contributed by atoms with E-state index in [-0.39, 0.29) is 12.2 Å². The van der Waals surface area contributed by atoms with Gasteiger partial charge in [-0.15, -0.1) is 0 Å². The number of rotatable bonds is 5. The van der Waals surface area contributed by atoms with Crippen LogP contribution in [-0.2, 0) is 17.5 Å². The Kier molecular flexibility index (Phi) is 5.46. The highest BCUT2D eigenvalue weighted by molar-refractivity contribution is 5.97. The Labute approximate surface area is 170 Å². The molecule has 3 rings (SSSR count). The third-order valence-corrected chi connectivity index (χ3v) is 4.65. The number of aromatic nitrogens is 1. The predicted octanol–water partition coefficient (Wildman–Crippen LogP) is 3.93. The number of fused-ring (bicyclic) bond motifs is 1. The van der Waals surface area contributed by atoms with E-state index in [9.17, 15) is 23.1 Å². The van der Waals surface area contributed by atoms with E-state index in [1.54, 1.807) is 42.1 Å². The molecule has 0 saturated heterocycles. The molecule has 1 heterocycles. The molecule has 2 aromatic carbocycles. The Hall–Kier alpha value is -3.51. The van der Waals surface area contributed by atoms with Crippen molar-refractivity contribution in [1.82, 2.24) is 4.57 Å². The molecule has 1 amide bonds. The maximum atomic E-state index is 13.1. The molecule has 0 fully saturated rings. The zero-order chi connectivity index (χ0) is 22.1. The zero-order valence-electron chi connectivity index (χ0n) is 16.1. The number of nitrogens with zero attached hydrogens (tertiary/aromatic N) is 2. The van der Waals surface area contributed by atoms with Crippen molar-refractivity contribution in [2.45, 2.75) is 25.2 Å². The summed E-state index contributed by atoms with van der Waals surface area (Å²) in [5.41, 5.74) is -3.05. The van der Waals surface area contributed by atoms with Crippen molar-refractivity contribution in [2.24, 2.45) is 0 Å². The van der Waals surface area contributed by atoms with Gasteiger partial charge in [0.25, 0.3) is 5.91 Å². The number of nitriles is 1. The molecule has 0 bridgehead atoms. The van der Waals surface area contributed by atoms with Gasteiger partial charge in [-0.2, -0.15) is 18.4 Å². The van der Waals surface area contributed by atoms with Gasteiger partial charge in [0.1, 0.15) is 5.75 Å². The Morgan fingerprint density at radius 3 is 2.60 bits per heavy atom. The average molecular weight is 417 g/mol. The summed E-state index contributed by atoms with van der Waals surface area (Å²) in [5.74, 6) is -0.221. The lowest BCUT2D eigenvalue weighted by Gasteiger charge is -2.24. The van der Waals surface area contributed by atoms with E-state index in [0.29, 0.717) is 11.8 Å². The first-order valence-corrected chi connectivity index (χ1v) is 8.83. The van der Waals surface area contributed by atoms with Crippen molar-refractivity contribution < 1.29 is 27.8 Å². The summed E-state index contributed by atoms with van der Waals surface area (Å²) < 4.78 is 46.2. The molecule has 0 aliphatic heterocycles. The van der Waals surface area contributed by atoms with E-state index in [0.717, 1.165) is 17.0 Å². The molecule has 0 saturated carbocycles. The van der Waals surface area contributed by atoms with Crippen molar-refractivity contribution in [2.75, 3.05) is 12.4 Å². The molecule has 3 aromatic rings. The van der Waals surface area contributed by atoms with Crippen LogP contribution < -0.4 is 10.1 Å².